The van der Waals surface area contributed by atoms with Gasteiger partial charge in [0.1, 0.15) is 5.82 Å². The van der Waals surface area contributed by atoms with Crippen molar-refractivity contribution in [3.05, 3.63) is 35.1 Å². The smallest absolute Gasteiger partial charge is 0.211 e. The van der Waals surface area contributed by atoms with Gasteiger partial charge in [-0.3, -0.25) is 0 Å². The monoisotopic (exact) mass is 546 g/mol. The standard InChI is InChI=1S/C18H31FN4O2S2.HI/c1-5-20-18(21-10-7-11-23(6-2)27(4,24)25)22-13-15-8-9-17(19)12-16(15)14-26-3;/h8-9,12H,5-7,10-11,13-14H2,1-4H3,(H2,20,21,22);1H. The van der Waals surface area contributed by atoms with Gasteiger partial charge in [0.15, 0.2) is 5.96 Å². The van der Waals surface area contributed by atoms with Crippen LogP contribution in [0.3, 0.4) is 0 Å². The van der Waals surface area contributed by atoms with Gasteiger partial charge < -0.3 is 10.6 Å². The number of rotatable bonds is 11. The lowest BCUT2D eigenvalue weighted by molar-refractivity contribution is 0.424. The number of halogens is 2. The van der Waals surface area contributed by atoms with Crippen LogP contribution in [0.1, 0.15) is 31.4 Å². The minimum absolute atomic E-state index is 0. The summed E-state index contributed by atoms with van der Waals surface area (Å²) in [5.74, 6) is 1.17. The molecule has 6 nitrogen and oxygen atoms in total. The van der Waals surface area contributed by atoms with E-state index < -0.39 is 10.0 Å². The quantitative estimate of drug-likeness (QED) is 0.193. The number of hydrogen-bond donors (Lipinski definition) is 2. The topological polar surface area (TPSA) is 73.8 Å². The second-order valence-electron chi connectivity index (χ2n) is 6.08. The first-order chi connectivity index (χ1) is 12.8. The normalized spacial score (nSPS) is 12.0. The van der Waals surface area contributed by atoms with E-state index in [0.29, 0.717) is 38.6 Å². The lowest BCUT2D eigenvalue weighted by atomic mass is 10.1. The molecule has 0 amide bonds. The molecule has 0 unspecified atom stereocenters. The number of benzene rings is 1. The maximum Gasteiger partial charge on any atom is 0.211 e. The molecule has 0 aliphatic rings. The van der Waals surface area contributed by atoms with Gasteiger partial charge in [-0.1, -0.05) is 13.0 Å². The molecular weight excluding hydrogens is 514 g/mol. The van der Waals surface area contributed by atoms with Gasteiger partial charge in [-0.2, -0.15) is 11.8 Å². The molecule has 2 N–H and O–H groups in total. The number of guanidine groups is 1. The Kier molecular flexibility index (Phi) is 14.1. The maximum absolute atomic E-state index is 13.5. The van der Waals surface area contributed by atoms with E-state index >= 15 is 0 Å². The van der Waals surface area contributed by atoms with Gasteiger partial charge in [0, 0.05) is 31.9 Å². The van der Waals surface area contributed by atoms with Gasteiger partial charge >= 0.3 is 0 Å². The van der Waals surface area contributed by atoms with E-state index in [2.05, 4.69) is 15.6 Å². The number of sulfonamides is 1. The number of nitrogens with one attached hydrogen (secondary N) is 2. The van der Waals surface area contributed by atoms with Gasteiger partial charge in [0.05, 0.1) is 12.8 Å². The zero-order valence-corrected chi connectivity index (χ0v) is 21.0. The molecule has 1 aromatic carbocycles. The summed E-state index contributed by atoms with van der Waals surface area (Å²) in [7, 11) is -3.16. The molecule has 0 atom stereocenters. The third-order valence-electron chi connectivity index (χ3n) is 3.92. The lowest BCUT2D eigenvalue weighted by Gasteiger charge is -2.18. The molecule has 28 heavy (non-hydrogen) atoms. The Bertz CT molecular complexity index is 718. The van der Waals surface area contributed by atoms with Crippen molar-refractivity contribution in [2.45, 2.75) is 32.6 Å². The van der Waals surface area contributed by atoms with Crippen LogP contribution in [0.25, 0.3) is 0 Å². The fraction of sp³-hybridized carbons (Fsp3) is 0.611. The van der Waals surface area contributed by atoms with Crippen molar-refractivity contribution in [1.82, 2.24) is 14.9 Å². The van der Waals surface area contributed by atoms with Crippen LogP contribution in [0.15, 0.2) is 23.2 Å². The Morgan fingerprint density at radius 1 is 1.25 bits per heavy atom. The first kappa shape index (κ1) is 27.4. The van der Waals surface area contributed by atoms with E-state index in [1.54, 1.807) is 23.9 Å². The Morgan fingerprint density at radius 2 is 1.96 bits per heavy atom. The first-order valence-electron chi connectivity index (χ1n) is 9.05. The molecule has 0 bridgehead atoms. The van der Waals surface area contributed by atoms with E-state index in [9.17, 15) is 12.8 Å². The Balaban J connectivity index is 0.00000729. The van der Waals surface area contributed by atoms with E-state index in [1.807, 2.05) is 20.1 Å². The molecule has 0 aliphatic heterocycles. The van der Waals surface area contributed by atoms with Gasteiger partial charge in [0.2, 0.25) is 10.0 Å². The van der Waals surface area contributed by atoms with Crippen molar-refractivity contribution in [2.75, 3.05) is 38.7 Å². The molecule has 1 aromatic rings. The zero-order valence-electron chi connectivity index (χ0n) is 17.0. The predicted molar refractivity (Wildman–Crippen MR) is 129 cm³/mol. The summed E-state index contributed by atoms with van der Waals surface area (Å²) >= 11 is 1.65. The van der Waals surface area contributed by atoms with Crippen molar-refractivity contribution in [1.29, 1.82) is 0 Å². The maximum atomic E-state index is 13.5. The summed E-state index contributed by atoms with van der Waals surface area (Å²) in [6.45, 7) is 6.53. The van der Waals surface area contributed by atoms with Crippen LogP contribution < -0.4 is 10.6 Å². The molecule has 0 spiro atoms. The second kappa shape index (κ2) is 14.4. The van der Waals surface area contributed by atoms with Gasteiger partial charge in [-0.25, -0.2) is 22.1 Å². The van der Waals surface area contributed by atoms with Crippen LogP contribution in [0, 0.1) is 5.82 Å². The fourth-order valence-electron chi connectivity index (χ4n) is 2.57. The highest BCUT2D eigenvalue weighted by molar-refractivity contribution is 14.0. The summed E-state index contributed by atoms with van der Waals surface area (Å²) in [5, 5.41) is 6.40. The fourth-order valence-corrected chi connectivity index (χ4v) is 4.07. The van der Waals surface area contributed by atoms with E-state index in [-0.39, 0.29) is 29.8 Å². The summed E-state index contributed by atoms with van der Waals surface area (Å²) in [4.78, 5) is 4.57. The zero-order chi connectivity index (χ0) is 20.3. The molecule has 162 valence electrons. The van der Waals surface area contributed by atoms with Crippen LogP contribution in [0.5, 0.6) is 0 Å². The molecule has 0 saturated heterocycles. The van der Waals surface area contributed by atoms with E-state index in [1.165, 1.54) is 16.6 Å². The molecule has 0 aliphatic carbocycles. The number of hydrogen-bond acceptors (Lipinski definition) is 4. The molecule has 1 rings (SSSR count). The predicted octanol–water partition coefficient (Wildman–Crippen LogP) is 3.03. The highest BCUT2D eigenvalue weighted by Crippen LogP contribution is 2.17. The lowest BCUT2D eigenvalue weighted by Crippen LogP contribution is -2.39. The molecule has 0 heterocycles. The molecular formula is C18H32FIN4O2S2. The second-order valence-corrected chi connectivity index (χ2v) is 8.92. The largest absolute Gasteiger partial charge is 0.357 e. The number of thioether (sulfide) groups is 1. The Labute approximate surface area is 190 Å². The minimum atomic E-state index is -3.16. The number of aliphatic imine (C=N–C) groups is 1. The van der Waals surface area contributed by atoms with E-state index in [4.69, 9.17) is 0 Å². The summed E-state index contributed by atoms with van der Waals surface area (Å²) in [6.07, 6.45) is 3.89. The van der Waals surface area contributed by atoms with Crippen molar-refractivity contribution >= 4 is 51.7 Å². The van der Waals surface area contributed by atoms with Crippen LogP contribution in [-0.2, 0) is 22.3 Å². The van der Waals surface area contributed by atoms with Crippen LogP contribution in [0.4, 0.5) is 4.39 Å². The van der Waals surface area contributed by atoms with Crippen molar-refractivity contribution in [3.8, 4) is 0 Å². The van der Waals surface area contributed by atoms with Gasteiger partial charge in [-0.15, -0.1) is 24.0 Å². The summed E-state index contributed by atoms with van der Waals surface area (Å²) in [6, 6.07) is 4.80. The van der Waals surface area contributed by atoms with E-state index in [0.717, 1.165) is 23.4 Å². The summed E-state index contributed by atoms with van der Waals surface area (Å²) in [5.41, 5.74) is 1.95. The highest BCUT2D eigenvalue weighted by atomic mass is 127. The van der Waals surface area contributed by atoms with Gasteiger partial charge in [-0.05, 0) is 42.9 Å². The molecule has 0 radical (unpaired) electrons. The van der Waals surface area contributed by atoms with Crippen LogP contribution in [-0.4, -0.2) is 57.4 Å². The third kappa shape index (κ3) is 10.3. The third-order valence-corrected chi connectivity index (χ3v) is 5.90. The van der Waals surface area contributed by atoms with Crippen molar-refractivity contribution < 1.29 is 12.8 Å². The Morgan fingerprint density at radius 3 is 2.54 bits per heavy atom. The highest BCUT2D eigenvalue weighted by Gasteiger charge is 2.13. The number of nitrogens with zero attached hydrogens (tertiary/aromatic N) is 2. The molecule has 0 fully saturated rings. The SMILES string of the molecule is CCNC(=NCc1ccc(F)cc1CSC)NCCCN(CC)S(C)(=O)=O.I. The molecule has 10 heteroatoms. The average Bonchev–Trinajstić information content (AvgIpc) is 2.60. The first-order valence-corrected chi connectivity index (χ1v) is 12.3. The average molecular weight is 547 g/mol. The van der Waals surface area contributed by atoms with Crippen molar-refractivity contribution in [3.63, 3.8) is 0 Å². The molecule has 0 saturated carbocycles. The summed E-state index contributed by atoms with van der Waals surface area (Å²) < 4.78 is 38.1. The Hall–Kier alpha value is -0.590. The minimum Gasteiger partial charge on any atom is -0.357 e. The van der Waals surface area contributed by atoms with Gasteiger partial charge in [0.25, 0.3) is 0 Å². The van der Waals surface area contributed by atoms with Crippen molar-refractivity contribution in [2.24, 2.45) is 4.99 Å². The van der Waals surface area contributed by atoms with Crippen LogP contribution >= 0.6 is 35.7 Å². The van der Waals surface area contributed by atoms with Crippen LogP contribution in [0.2, 0.25) is 0 Å². The molecule has 0 aromatic heterocycles.